The summed E-state index contributed by atoms with van der Waals surface area (Å²) in [5, 5.41) is 4.80. The molecule has 1 fully saturated rings. The van der Waals surface area contributed by atoms with E-state index in [2.05, 4.69) is 40.9 Å². The van der Waals surface area contributed by atoms with Crippen molar-refractivity contribution in [2.24, 2.45) is 0 Å². The number of hydrogen-bond acceptors (Lipinski definition) is 5. The molecular formula is C19H21N7. The standard InChI is InChI=1S/C19H21N7/c1-3-15(4-2-14(1)23-9-13-7-20-11-21-8-13)26-12-25-17-10-24-19-16(18(17)26)5-6-22-19/h5-8,10-12,14-15,23H,1-4,9H2,(H,22,24)/t14-,15+. The fourth-order valence-electron chi connectivity index (χ4n) is 4.05. The third kappa shape index (κ3) is 2.74. The van der Waals surface area contributed by atoms with Gasteiger partial charge in [-0.3, -0.25) is 0 Å². The second-order valence-corrected chi connectivity index (χ2v) is 7.02. The molecule has 7 heteroatoms. The summed E-state index contributed by atoms with van der Waals surface area (Å²) in [4.78, 5) is 20.4. The molecule has 1 aliphatic rings. The Morgan fingerprint density at radius 1 is 1.08 bits per heavy atom. The van der Waals surface area contributed by atoms with Gasteiger partial charge in [-0.05, 0) is 31.7 Å². The number of imidazole rings is 1. The largest absolute Gasteiger partial charge is 0.346 e. The Bertz CT molecular complexity index is 1010. The summed E-state index contributed by atoms with van der Waals surface area (Å²) in [5.41, 5.74) is 4.24. The zero-order valence-electron chi connectivity index (χ0n) is 14.5. The molecule has 7 nitrogen and oxygen atoms in total. The quantitative estimate of drug-likeness (QED) is 0.593. The predicted molar refractivity (Wildman–Crippen MR) is 99.5 cm³/mol. The first-order valence-corrected chi connectivity index (χ1v) is 9.14. The van der Waals surface area contributed by atoms with Crippen LogP contribution in [-0.2, 0) is 6.54 Å². The Kier molecular flexibility index (Phi) is 3.86. The monoisotopic (exact) mass is 347 g/mol. The maximum absolute atomic E-state index is 4.58. The lowest BCUT2D eigenvalue weighted by molar-refractivity contribution is 0.294. The van der Waals surface area contributed by atoms with Gasteiger partial charge < -0.3 is 14.9 Å². The molecule has 0 bridgehead atoms. The summed E-state index contributed by atoms with van der Waals surface area (Å²) in [6, 6.07) is 3.15. The number of aromatic nitrogens is 6. The van der Waals surface area contributed by atoms with Crippen molar-refractivity contribution in [1.82, 2.24) is 34.8 Å². The van der Waals surface area contributed by atoms with E-state index in [0.29, 0.717) is 12.1 Å². The van der Waals surface area contributed by atoms with Crippen molar-refractivity contribution >= 4 is 22.1 Å². The van der Waals surface area contributed by atoms with E-state index in [-0.39, 0.29) is 0 Å². The highest BCUT2D eigenvalue weighted by Crippen LogP contribution is 2.33. The smallest absolute Gasteiger partial charge is 0.139 e. The average Bonchev–Trinajstić information content (AvgIpc) is 3.34. The first-order chi connectivity index (χ1) is 12.9. The number of nitrogens with one attached hydrogen (secondary N) is 2. The minimum absolute atomic E-state index is 0.499. The van der Waals surface area contributed by atoms with E-state index in [9.17, 15) is 0 Å². The number of fused-ring (bicyclic) bond motifs is 3. The van der Waals surface area contributed by atoms with Gasteiger partial charge in [0, 0.05) is 48.2 Å². The molecule has 1 aliphatic carbocycles. The molecule has 5 rings (SSSR count). The molecule has 0 spiro atoms. The number of pyridine rings is 1. The predicted octanol–water partition coefficient (Wildman–Crippen LogP) is 2.98. The maximum Gasteiger partial charge on any atom is 0.139 e. The van der Waals surface area contributed by atoms with Crippen LogP contribution in [0, 0.1) is 0 Å². The fraction of sp³-hybridized carbons (Fsp3) is 0.368. The summed E-state index contributed by atoms with van der Waals surface area (Å²) in [5.74, 6) is 0. The van der Waals surface area contributed by atoms with Gasteiger partial charge in [-0.1, -0.05) is 0 Å². The summed E-state index contributed by atoms with van der Waals surface area (Å²) in [6.45, 7) is 0.833. The van der Waals surface area contributed by atoms with Gasteiger partial charge >= 0.3 is 0 Å². The van der Waals surface area contributed by atoms with Crippen molar-refractivity contribution < 1.29 is 0 Å². The van der Waals surface area contributed by atoms with Crippen molar-refractivity contribution in [3.8, 4) is 0 Å². The lowest BCUT2D eigenvalue weighted by Gasteiger charge is -2.30. The highest BCUT2D eigenvalue weighted by molar-refractivity contribution is 6.00. The number of aromatic amines is 1. The summed E-state index contributed by atoms with van der Waals surface area (Å²) in [7, 11) is 0. The molecule has 0 atom stereocenters. The molecule has 0 unspecified atom stereocenters. The van der Waals surface area contributed by atoms with Gasteiger partial charge in [0.25, 0.3) is 0 Å². The molecular weight excluding hydrogens is 326 g/mol. The van der Waals surface area contributed by atoms with Crippen LogP contribution in [0.5, 0.6) is 0 Å². The summed E-state index contributed by atoms with van der Waals surface area (Å²) in [6.07, 6.45) is 15.8. The Labute approximate surface area is 150 Å². The van der Waals surface area contributed by atoms with E-state index >= 15 is 0 Å². The molecule has 0 aromatic carbocycles. The molecule has 4 aromatic rings. The lowest BCUT2D eigenvalue weighted by atomic mass is 9.90. The van der Waals surface area contributed by atoms with Crippen LogP contribution >= 0.6 is 0 Å². The summed E-state index contributed by atoms with van der Waals surface area (Å²) < 4.78 is 2.36. The molecule has 1 saturated carbocycles. The molecule has 0 saturated heterocycles. The Morgan fingerprint density at radius 3 is 2.77 bits per heavy atom. The van der Waals surface area contributed by atoms with Gasteiger partial charge in [-0.2, -0.15) is 0 Å². The van der Waals surface area contributed by atoms with Crippen LogP contribution in [0.4, 0.5) is 0 Å². The van der Waals surface area contributed by atoms with E-state index in [1.54, 1.807) is 6.33 Å². The fourth-order valence-corrected chi connectivity index (χ4v) is 4.05. The van der Waals surface area contributed by atoms with Crippen LogP contribution in [0.2, 0.25) is 0 Å². The zero-order valence-corrected chi connectivity index (χ0v) is 14.5. The molecule has 4 heterocycles. The zero-order chi connectivity index (χ0) is 17.3. The highest BCUT2D eigenvalue weighted by Gasteiger charge is 2.24. The Morgan fingerprint density at radius 2 is 1.92 bits per heavy atom. The molecule has 2 N–H and O–H groups in total. The first kappa shape index (κ1) is 15.5. The number of nitrogens with zero attached hydrogens (tertiary/aromatic N) is 5. The molecule has 132 valence electrons. The first-order valence-electron chi connectivity index (χ1n) is 9.14. The van der Waals surface area contributed by atoms with E-state index in [0.717, 1.165) is 41.5 Å². The van der Waals surface area contributed by atoms with Crippen LogP contribution in [0.15, 0.2) is 43.5 Å². The van der Waals surface area contributed by atoms with Gasteiger partial charge in [-0.15, -0.1) is 0 Å². The normalized spacial score (nSPS) is 20.8. The van der Waals surface area contributed by atoms with E-state index < -0.39 is 0 Å². The van der Waals surface area contributed by atoms with Gasteiger partial charge in [0.2, 0.25) is 0 Å². The highest BCUT2D eigenvalue weighted by atomic mass is 15.1. The average molecular weight is 347 g/mol. The number of H-pyrrole nitrogens is 1. The second-order valence-electron chi connectivity index (χ2n) is 7.02. The molecule has 4 aromatic heterocycles. The van der Waals surface area contributed by atoms with Gasteiger partial charge in [0.1, 0.15) is 17.5 Å². The van der Waals surface area contributed by atoms with E-state index in [1.807, 2.05) is 31.1 Å². The number of hydrogen-bond donors (Lipinski definition) is 2. The molecule has 0 radical (unpaired) electrons. The Hall–Kier alpha value is -2.80. The Balaban J connectivity index is 1.30. The van der Waals surface area contributed by atoms with Gasteiger partial charge in [0.15, 0.2) is 0 Å². The lowest BCUT2D eigenvalue weighted by Crippen LogP contribution is -2.33. The second kappa shape index (κ2) is 6.49. The van der Waals surface area contributed by atoms with Crippen molar-refractivity contribution in [2.75, 3.05) is 0 Å². The third-order valence-electron chi connectivity index (χ3n) is 5.42. The van der Waals surface area contributed by atoms with Crippen LogP contribution in [-0.4, -0.2) is 35.5 Å². The van der Waals surface area contributed by atoms with Crippen molar-refractivity contribution in [1.29, 1.82) is 0 Å². The van der Waals surface area contributed by atoms with Crippen LogP contribution < -0.4 is 5.32 Å². The minimum Gasteiger partial charge on any atom is -0.346 e. The van der Waals surface area contributed by atoms with Crippen molar-refractivity contribution in [3.05, 3.63) is 49.1 Å². The molecule has 0 amide bonds. The van der Waals surface area contributed by atoms with Gasteiger partial charge in [0.05, 0.1) is 18.0 Å². The van der Waals surface area contributed by atoms with Crippen molar-refractivity contribution in [3.63, 3.8) is 0 Å². The SMILES string of the molecule is c1ncc(CN[C@H]2CC[C@@H](n3cnc4cnc5[nH]ccc5c43)CC2)cn1. The van der Waals surface area contributed by atoms with Crippen molar-refractivity contribution in [2.45, 2.75) is 44.3 Å². The third-order valence-corrected chi connectivity index (χ3v) is 5.42. The minimum atomic E-state index is 0.499. The van der Waals surface area contributed by atoms with Gasteiger partial charge in [-0.25, -0.2) is 19.9 Å². The molecule has 26 heavy (non-hydrogen) atoms. The number of rotatable bonds is 4. The topological polar surface area (TPSA) is 84.3 Å². The van der Waals surface area contributed by atoms with Crippen LogP contribution in [0.3, 0.4) is 0 Å². The van der Waals surface area contributed by atoms with Crippen LogP contribution in [0.1, 0.15) is 37.3 Å². The van der Waals surface area contributed by atoms with E-state index in [4.69, 9.17) is 0 Å². The van der Waals surface area contributed by atoms with E-state index in [1.165, 1.54) is 18.4 Å². The summed E-state index contributed by atoms with van der Waals surface area (Å²) >= 11 is 0. The maximum atomic E-state index is 4.58. The van der Waals surface area contributed by atoms with Crippen LogP contribution in [0.25, 0.3) is 22.1 Å². The molecule has 0 aliphatic heterocycles.